The number of anilines is 2. The minimum Gasteiger partial charge on any atom is -0.497 e. The van der Waals surface area contributed by atoms with Gasteiger partial charge < -0.3 is 14.4 Å². The number of rotatable bonds is 5. The van der Waals surface area contributed by atoms with E-state index in [0.717, 1.165) is 6.42 Å². The van der Waals surface area contributed by atoms with E-state index in [0.29, 0.717) is 17.1 Å². The first-order valence-corrected chi connectivity index (χ1v) is 11.8. The molecular weight excluding hydrogens is 448 g/mol. The highest BCUT2D eigenvalue weighted by atomic mass is 16.5. The van der Waals surface area contributed by atoms with Crippen molar-refractivity contribution in [3.8, 4) is 11.5 Å². The first kappa shape index (κ1) is 21.6. The van der Waals surface area contributed by atoms with Crippen molar-refractivity contribution in [3.63, 3.8) is 0 Å². The molecule has 2 heterocycles. The minimum atomic E-state index is -0.621. The second-order valence-electron chi connectivity index (χ2n) is 9.53. The van der Waals surface area contributed by atoms with Gasteiger partial charge in [-0.25, -0.2) is 4.90 Å². The van der Waals surface area contributed by atoms with Gasteiger partial charge >= 0.3 is 5.97 Å². The van der Waals surface area contributed by atoms with Gasteiger partial charge in [0, 0.05) is 24.7 Å². The third-order valence-electron chi connectivity index (χ3n) is 7.61. The second kappa shape index (κ2) is 8.08. The first-order valence-electron chi connectivity index (χ1n) is 11.8. The molecule has 3 amide bonds. The number of ether oxygens (including phenoxy) is 2. The molecule has 0 unspecified atom stereocenters. The van der Waals surface area contributed by atoms with Crippen LogP contribution in [-0.2, 0) is 19.2 Å². The van der Waals surface area contributed by atoms with E-state index in [1.807, 2.05) is 0 Å². The molecule has 5 atom stereocenters. The molecule has 0 radical (unpaired) electrons. The van der Waals surface area contributed by atoms with Crippen LogP contribution in [0.5, 0.6) is 11.5 Å². The molecule has 8 nitrogen and oxygen atoms in total. The van der Waals surface area contributed by atoms with E-state index < -0.39 is 11.9 Å². The molecule has 2 aromatic rings. The summed E-state index contributed by atoms with van der Waals surface area (Å²) in [5.74, 6) is -1.09. The lowest BCUT2D eigenvalue weighted by molar-refractivity contribution is -0.139. The number of nitrogens with zero attached hydrogens (tertiary/aromatic N) is 2. The van der Waals surface area contributed by atoms with Crippen molar-refractivity contribution in [3.05, 3.63) is 60.7 Å². The summed E-state index contributed by atoms with van der Waals surface area (Å²) >= 11 is 0. The van der Waals surface area contributed by atoms with Crippen LogP contribution < -0.4 is 19.3 Å². The van der Waals surface area contributed by atoms with E-state index in [9.17, 15) is 19.2 Å². The van der Waals surface area contributed by atoms with Crippen molar-refractivity contribution in [2.75, 3.05) is 23.5 Å². The Bertz CT molecular complexity index is 1240. The van der Waals surface area contributed by atoms with Crippen LogP contribution in [0.25, 0.3) is 0 Å². The van der Waals surface area contributed by atoms with E-state index in [-0.39, 0.29) is 60.1 Å². The number of benzene rings is 2. The molecule has 0 N–H and O–H groups in total. The molecule has 2 aromatic carbocycles. The quantitative estimate of drug-likeness (QED) is 0.288. The molecule has 2 aliphatic heterocycles. The number of carbonyl (C=O) groups is 4. The van der Waals surface area contributed by atoms with Gasteiger partial charge in [-0.2, -0.15) is 0 Å². The van der Waals surface area contributed by atoms with Crippen LogP contribution in [0, 0.1) is 29.6 Å². The Morgan fingerprint density at radius 2 is 1.57 bits per heavy atom. The van der Waals surface area contributed by atoms with Crippen LogP contribution in [0.3, 0.4) is 0 Å². The molecule has 1 saturated carbocycles. The molecule has 2 aliphatic carbocycles. The Kier molecular flexibility index (Phi) is 4.98. The summed E-state index contributed by atoms with van der Waals surface area (Å²) in [6, 6.07) is 13.5. The zero-order chi connectivity index (χ0) is 24.3. The summed E-state index contributed by atoms with van der Waals surface area (Å²) in [5.41, 5.74) is 1.09. The summed E-state index contributed by atoms with van der Waals surface area (Å²) in [5, 5.41) is 0. The van der Waals surface area contributed by atoms with Crippen molar-refractivity contribution >= 4 is 35.1 Å². The van der Waals surface area contributed by atoms with Gasteiger partial charge in [-0.3, -0.25) is 19.2 Å². The largest absolute Gasteiger partial charge is 0.497 e. The van der Waals surface area contributed by atoms with Gasteiger partial charge in [0.15, 0.2) is 0 Å². The summed E-state index contributed by atoms with van der Waals surface area (Å²) in [4.78, 5) is 54.4. The summed E-state index contributed by atoms with van der Waals surface area (Å²) < 4.78 is 10.7. The van der Waals surface area contributed by atoms with Gasteiger partial charge in [0.25, 0.3) is 0 Å². The number of methoxy groups -OCH3 is 1. The SMILES string of the molecule is COc1ccc(N2C[C@@H](C(=O)Oc3cccc(N4C(=O)[C@@H]5[C@H](C4=O)[C@H]4C=C[C@H]5C4)c3)CC2=O)cc1. The highest BCUT2D eigenvalue weighted by Gasteiger charge is 2.59. The first-order chi connectivity index (χ1) is 16.9. The lowest BCUT2D eigenvalue weighted by Gasteiger charge is -2.18. The molecule has 0 spiro atoms. The fourth-order valence-corrected chi connectivity index (χ4v) is 5.92. The van der Waals surface area contributed by atoms with Crippen LogP contribution in [0.1, 0.15) is 12.8 Å². The molecule has 35 heavy (non-hydrogen) atoms. The van der Waals surface area contributed by atoms with Crippen molar-refractivity contribution in [2.45, 2.75) is 12.8 Å². The van der Waals surface area contributed by atoms with Gasteiger partial charge in [0.2, 0.25) is 17.7 Å². The zero-order valence-electron chi connectivity index (χ0n) is 19.1. The number of amides is 3. The smallest absolute Gasteiger partial charge is 0.316 e. The van der Waals surface area contributed by atoms with Crippen molar-refractivity contribution < 1.29 is 28.7 Å². The maximum atomic E-state index is 13.1. The van der Waals surface area contributed by atoms with E-state index in [2.05, 4.69) is 12.2 Å². The molecule has 6 rings (SSSR count). The maximum absolute atomic E-state index is 13.1. The zero-order valence-corrected chi connectivity index (χ0v) is 19.1. The van der Waals surface area contributed by atoms with Gasteiger partial charge in [0.1, 0.15) is 11.5 Å². The van der Waals surface area contributed by atoms with E-state index >= 15 is 0 Å². The average Bonchev–Trinajstić information content (AvgIpc) is 3.63. The Balaban J connectivity index is 1.15. The predicted molar refractivity (Wildman–Crippen MR) is 126 cm³/mol. The summed E-state index contributed by atoms with van der Waals surface area (Å²) in [6.07, 6.45) is 5.02. The van der Waals surface area contributed by atoms with Crippen LogP contribution in [0.4, 0.5) is 11.4 Å². The fraction of sp³-hybridized carbons (Fsp3) is 0.333. The maximum Gasteiger partial charge on any atom is 0.316 e. The molecule has 2 saturated heterocycles. The molecule has 4 aliphatic rings. The minimum absolute atomic E-state index is 0.0484. The predicted octanol–water partition coefficient (Wildman–Crippen LogP) is 2.97. The van der Waals surface area contributed by atoms with Crippen molar-refractivity contribution in [1.82, 2.24) is 0 Å². The van der Waals surface area contributed by atoms with Crippen LogP contribution in [-0.4, -0.2) is 37.3 Å². The standard InChI is InChI=1S/C27H24N2O6/c1-34-20-9-7-18(8-10-20)28-14-17(12-22(28)30)27(33)35-21-4-2-3-19(13-21)29-25(31)23-15-5-6-16(11-15)24(23)26(29)32/h2-10,13,15-17,23-24H,11-12,14H2,1H3/t15-,16-,17-,23-,24+/m0/s1. The molecule has 8 heteroatoms. The third kappa shape index (κ3) is 3.43. The number of hydrogen-bond donors (Lipinski definition) is 0. The Hall–Kier alpha value is -3.94. The lowest BCUT2D eigenvalue weighted by atomic mass is 9.85. The number of carbonyl (C=O) groups excluding carboxylic acids is 4. The molecule has 0 aromatic heterocycles. The summed E-state index contributed by atoms with van der Waals surface area (Å²) in [7, 11) is 1.57. The monoisotopic (exact) mass is 472 g/mol. The van der Waals surface area contributed by atoms with E-state index in [1.54, 1.807) is 60.5 Å². The molecule has 178 valence electrons. The average molecular weight is 472 g/mol. The van der Waals surface area contributed by atoms with E-state index in [4.69, 9.17) is 9.47 Å². The molecule has 3 fully saturated rings. The Labute approximate surface area is 202 Å². The number of fused-ring (bicyclic) bond motifs is 5. The second-order valence-corrected chi connectivity index (χ2v) is 9.53. The highest BCUT2D eigenvalue weighted by Crippen LogP contribution is 2.53. The van der Waals surface area contributed by atoms with Gasteiger partial charge in [0.05, 0.1) is 30.6 Å². The molecule has 2 bridgehead atoms. The van der Waals surface area contributed by atoms with Gasteiger partial charge in [-0.05, 0) is 54.7 Å². The van der Waals surface area contributed by atoms with Gasteiger partial charge in [-0.15, -0.1) is 0 Å². The number of esters is 1. The van der Waals surface area contributed by atoms with Crippen LogP contribution in [0.15, 0.2) is 60.7 Å². The Morgan fingerprint density at radius 1 is 0.886 bits per heavy atom. The number of allylic oxidation sites excluding steroid dienone is 2. The van der Waals surface area contributed by atoms with Crippen LogP contribution >= 0.6 is 0 Å². The van der Waals surface area contributed by atoms with Crippen molar-refractivity contribution in [2.24, 2.45) is 29.6 Å². The molecular formula is C27H24N2O6. The number of hydrogen-bond acceptors (Lipinski definition) is 6. The normalized spacial score (nSPS) is 28.7. The fourth-order valence-electron chi connectivity index (χ4n) is 5.92. The Morgan fingerprint density at radius 3 is 2.23 bits per heavy atom. The lowest BCUT2D eigenvalue weighted by Crippen LogP contribution is -2.32. The third-order valence-corrected chi connectivity index (χ3v) is 7.61. The van der Waals surface area contributed by atoms with E-state index in [1.165, 1.54) is 4.90 Å². The van der Waals surface area contributed by atoms with Crippen LogP contribution in [0.2, 0.25) is 0 Å². The highest BCUT2D eigenvalue weighted by molar-refractivity contribution is 6.22. The topological polar surface area (TPSA) is 93.2 Å². The summed E-state index contributed by atoms with van der Waals surface area (Å²) in [6.45, 7) is 0.214. The number of imide groups is 1. The van der Waals surface area contributed by atoms with Gasteiger partial charge in [-0.1, -0.05) is 18.2 Å². The van der Waals surface area contributed by atoms with Crippen molar-refractivity contribution in [1.29, 1.82) is 0 Å².